The Bertz CT molecular complexity index is 630. The van der Waals surface area contributed by atoms with Crippen LogP contribution in [-0.2, 0) is 4.74 Å². The quantitative estimate of drug-likeness (QED) is 0.749. The molecule has 0 saturated heterocycles. The average Bonchev–Trinajstić information content (AvgIpc) is 2.81. The molecule has 18 heavy (non-hydrogen) atoms. The minimum Gasteiger partial charge on any atom is -0.465 e. The summed E-state index contributed by atoms with van der Waals surface area (Å²) in [4.78, 5) is 23.3. The molecule has 1 aromatic heterocycles. The van der Waals surface area contributed by atoms with Crippen molar-refractivity contribution in [1.29, 1.82) is 0 Å². The lowest BCUT2D eigenvalue weighted by Gasteiger charge is -2.04. The summed E-state index contributed by atoms with van der Waals surface area (Å²) in [7, 11) is 1.29. The van der Waals surface area contributed by atoms with Crippen LogP contribution in [-0.4, -0.2) is 13.1 Å². The first kappa shape index (κ1) is 12.1. The number of rotatable bonds is 2. The van der Waals surface area contributed by atoms with Crippen molar-refractivity contribution in [2.45, 2.75) is 6.92 Å². The van der Waals surface area contributed by atoms with Crippen LogP contribution in [0.25, 0.3) is 11.6 Å². The molecule has 0 aliphatic heterocycles. The normalized spacial score (nSPS) is 15.3. The first-order chi connectivity index (χ1) is 8.69. The van der Waals surface area contributed by atoms with Gasteiger partial charge < -0.3 is 9.15 Å². The number of carbonyl (C=O) groups excluding carboxylic acids is 1. The van der Waals surface area contributed by atoms with Crippen LogP contribution >= 0.6 is 0 Å². The molecular weight excluding hydrogens is 232 g/mol. The van der Waals surface area contributed by atoms with Crippen LogP contribution < -0.4 is 5.63 Å². The fraction of sp³-hybridized carbons (Fsp3) is 0.143. The van der Waals surface area contributed by atoms with E-state index in [4.69, 9.17) is 4.42 Å². The Kier molecular flexibility index (Phi) is 3.28. The predicted molar refractivity (Wildman–Crippen MR) is 68.1 cm³/mol. The van der Waals surface area contributed by atoms with E-state index in [1.54, 1.807) is 18.2 Å². The summed E-state index contributed by atoms with van der Waals surface area (Å²) in [5, 5.41) is 0. The zero-order valence-electron chi connectivity index (χ0n) is 10.1. The Balaban J connectivity index is 2.63. The second-order valence-electron chi connectivity index (χ2n) is 3.70. The van der Waals surface area contributed by atoms with Gasteiger partial charge in [-0.2, -0.15) is 0 Å². The highest BCUT2D eigenvalue weighted by Gasteiger charge is 2.23. The van der Waals surface area contributed by atoms with E-state index in [0.29, 0.717) is 11.1 Å². The van der Waals surface area contributed by atoms with Gasteiger partial charge in [0.25, 0.3) is 0 Å². The molecule has 1 aliphatic rings. The Hall–Kier alpha value is -2.36. The van der Waals surface area contributed by atoms with Crippen molar-refractivity contribution in [2.75, 3.05) is 7.11 Å². The Morgan fingerprint density at radius 2 is 2.17 bits per heavy atom. The topological polar surface area (TPSA) is 56.5 Å². The van der Waals surface area contributed by atoms with E-state index in [9.17, 15) is 9.59 Å². The summed E-state index contributed by atoms with van der Waals surface area (Å²) in [5.74, 6) is -0.521. The predicted octanol–water partition coefficient (Wildman–Crippen LogP) is 2.41. The SMILES string of the molecule is CC=CC=C1C=Cc2c(C(=O)OC)coc(=O)c21. The summed E-state index contributed by atoms with van der Waals surface area (Å²) in [6.07, 6.45) is 10.1. The molecule has 0 amide bonds. The molecule has 2 rings (SSSR count). The van der Waals surface area contributed by atoms with Crippen LogP contribution in [0, 0.1) is 0 Å². The highest BCUT2D eigenvalue weighted by Crippen LogP contribution is 2.29. The third-order valence-corrected chi connectivity index (χ3v) is 2.64. The van der Waals surface area contributed by atoms with Crippen molar-refractivity contribution in [3.63, 3.8) is 0 Å². The molecule has 0 unspecified atom stereocenters. The average molecular weight is 244 g/mol. The molecule has 0 aromatic carbocycles. The van der Waals surface area contributed by atoms with Gasteiger partial charge in [0.05, 0.1) is 12.7 Å². The largest absolute Gasteiger partial charge is 0.465 e. The van der Waals surface area contributed by atoms with Crippen molar-refractivity contribution in [1.82, 2.24) is 0 Å². The number of carbonyl (C=O) groups is 1. The molecule has 4 nitrogen and oxygen atoms in total. The molecule has 0 saturated carbocycles. The van der Waals surface area contributed by atoms with Crippen molar-refractivity contribution < 1.29 is 13.9 Å². The number of fused-ring (bicyclic) bond motifs is 1. The Morgan fingerprint density at radius 3 is 2.83 bits per heavy atom. The third-order valence-electron chi connectivity index (χ3n) is 2.64. The van der Waals surface area contributed by atoms with Crippen LogP contribution in [0.15, 0.2) is 39.8 Å². The van der Waals surface area contributed by atoms with Crippen LogP contribution in [0.2, 0.25) is 0 Å². The standard InChI is InChI=1S/C14H12O4/c1-3-4-5-9-6-7-10-11(13(15)17-2)8-18-14(16)12(9)10/h3-8H,1-2H3. The molecule has 0 radical (unpaired) electrons. The number of ether oxygens (including phenoxy) is 1. The number of allylic oxidation sites excluding steroid dienone is 5. The molecule has 1 aromatic rings. The zero-order valence-corrected chi connectivity index (χ0v) is 10.1. The Labute approximate surface area is 104 Å². The fourth-order valence-corrected chi connectivity index (χ4v) is 1.79. The van der Waals surface area contributed by atoms with E-state index in [1.165, 1.54) is 7.11 Å². The van der Waals surface area contributed by atoms with Gasteiger partial charge in [-0.25, -0.2) is 9.59 Å². The Morgan fingerprint density at radius 1 is 1.39 bits per heavy atom. The molecule has 1 aliphatic carbocycles. The highest BCUT2D eigenvalue weighted by atomic mass is 16.5. The van der Waals surface area contributed by atoms with Crippen LogP contribution in [0.4, 0.5) is 0 Å². The van der Waals surface area contributed by atoms with Gasteiger partial charge in [0.2, 0.25) is 0 Å². The maximum atomic E-state index is 11.7. The van der Waals surface area contributed by atoms with Crippen molar-refractivity contribution in [3.05, 3.63) is 57.7 Å². The molecule has 4 heteroatoms. The maximum Gasteiger partial charge on any atom is 0.344 e. The van der Waals surface area contributed by atoms with E-state index in [0.717, 1.165) is 11.8 Å². The van der Waals surface area contributed by atoms with Gasteiger partial charge in [-0.1, -0.05) is 30.4 Å². The highest BCUT2D eigenvalue weighted by molar-refractivity contribution is 6.00. The number of hydrogen-bond acceptors (Lipinski definition) is 4. The van der Waals surface area contributed by atoms with E-state index >= 15 is 0 Å². The van der Waals surface area contributed by atoms with Crippen LogP contribution in [0.3, 0.4) is 0 Å². The lowest BCUT2D eigenvalue weighted by atomic mass is 10.1. The third kappa shape index (κ3) is 1.93. The molecular formula is C14H12O4. The van der Waals surface area contributed by atoms with Gasteiger partial charge in [-0.05, 0) is 12.5 Å². The molecule has 1 heterocycles. The molecule has 0 bridgehead atoms. The molecule has 0 atom stereocenters. The fourth-order valence-electron chi connectivity index (χ4n) is 1.79. The van der Waals surface area contributed by atoms with Crippen molar-refractivity contribution in [3.8, 4) is 0 Å². The summed E-state index contributed by atoms with van der Waals surface area (Å²) in [5.41, 5.74) is 1.47. The van der Waals surface area contributed by atoms with Gasteiger partial charge in [0.1, 0.15) is 11.8 Å². The molecule has 92 valence electrons. The summed E-state index contributed by atoms with van der Waals surface area (Å²) in [6, 6.07) is 0. The smallest absolute Gasteiger partial charge is 0.344 e. The minimum absolute atomic E-state index is 0.257. The van der Waals surface area contributed by atoms with Crippen molar-refractivity contribution >= 4 is 17.6 Å². The van der Waals surface area contributed by atoms with Crippen LogP contribution in [0.5, 0.6) is 0 Å². The number of methoxy groups -OCH3 is 1. The van der Waals surface area contributed by atoms with Crippen LogP contribution in [0.1, 0.15) is 28.4 Å². The van der Waals surface area contributed by atoms with Gasteiger partial charge >= 0.3 is 11.6 Å². The monoisotopic (exact) mass is 244 g/mol. The molecule has 0 N–H and O–H groups in total. The van der Waals surface area contributed by atoms with E-state index in [1.807, 2.05) is 19.1 Å². The minimum atomic E-state index is -0.521. The maximum absolute atomic E-state index is 11.7. The number of hydrogen-bond donors (Lipinski definition) is 0. The second kappa shape index (κ2) is 4.87. The van der Waals surface area contributed by atoms with Gasteiger partial charge in [0, 0.05) is 5.56 Å². The van der Waals surface area contributed by atoms with E-state index in [2.05, 4.69) is 4.74 Å². The summed E-state index contributed by atoms with van der Waals surface area (Å²) in [6.45, 7) is 1.88. The lowest BCUT2D eigenvalue weighted by Crippen LogP contribution is -2.12. The zero-order chi connectivity index (χ0) is 13.1. The second-order valence-corrected chi connectivity index (χ2v) is 3.70. The lowest BCUT2D eigenvalue weighted by molar-refractivity contribution is 0.0597. The van der Waals surface area contributed by atoms with E-state index < -0.39 is 11.6 Å². The first-order valence-corrected chi connectivity index (χ1v) is 5.44. The summed E-state index contributed by atoms with van der Waals surface area (Å²) >= 11 is 0. The van der Waals surface area contributed by atoms with Crippen molar-refractivity contribution in [2.24, 2.45) is 0 Å². The van der Waals surface area contributed by atoms with Gasteiger partial charge in [-0.15, -0.1) is 0 Å². The van der Waals surface area contributed by atoms with E-state index in [-0.39, 0.29) is 5.56 Å². The molecule has 0 spiro atoms. The van der Waals surface area contributed by atoms with Gasteiger partial charge in [0.15, 0.2) is 0 Å². The summed E-state index contributed by atoms with van der Waals surface area (Å²) < 4.78 is 9.52. The van der Waals surface area contributed by atoms with Gasteiger partial charge in [-0.3, -0.25) is 0 Å². The molecule has 0 fully saturated rings. The first-order valence-electron chi connectivity index (χ1n) is 5.44. The number of esters is 1.